The highest BCUT2D eigenvalue weighted by atomic mass is 32.1. The van der Waals surface area contributed by atoms with E-state index in [1.165, 1.54) is 34.1 Å². The first-order chi connectivity index (χ1) is 65.6. The van der Waals surface area contributed by atoms with E-state index in [2.05, 4.69) is 35.1 Å². The van der Waals surface area contributed by atoms with Crippen LogP contribution in [-0.2, 0) is 83.4 Å². The van der Waals surface area contributed by atoms with Crippen LogP contribution in [0.15, 0.2) is 193 Å². The molecule has 0 saturated carbocycles. The zero-order valence-corrected chi connectivity index (χ0v) is 80.4. The van der Waals surface area contributed by atoms with Crippen molar-refractivity contribution in [1.29, 1.82) is 0 Å². The number of nitrogens with one attached hydrogen (secondary N) is 3. The lowest BCUT2D eigenvalue weighted by Crippen LogP contribution is -2.58. The van der Waals surface area contributed by atoms with Crippen molar-refractivity contribution in [2.75, 3.05) is 106 Å². The highest BCUT2D eigenvalue weighted by molar-refractivity contribution is 7.13. The van der Waals surface area contributed by atoms with Gasteiger partial charge in [0.2, 0.25) is 29.5 Å². The number of fused-ring (bicyclic) bond motifs is 2. The number of thiazole rings is 2. The van der Waals surface area contributed by atoms with Crippen LogP contribution in [0.5, 0.6) is 23.0 Å². The van der Waals surface area contributed by atoms with Crippen LogP contribution in [0.2, 0.25) is 0 Å². The summed E-state index contributed by atoms with van der Waals surface area (Å²) in [5.41, 5.74) is 24.4. The van der Waals surface area contributed by atoms with Gasteiger partial charge in [0.05, 0.1) is 128 Å². The van der Waals surface area contributed by atoms with Gasteiger partial charge in [-0.25, -0.2) is 23.5 Å². The Morgan fingerprint density at radius 2 is 0.818 bits per heavy atom. The van der Waals surface area contributed by atoms with Crippen molar-refractivity contribution in [3.63, 3.8) is 0 Å². The number of aliphatic hydroxyl groups excluding tert-OH is 2. The van der Waals surface area contributed by atoms with Gasteiger partial charge in [-0.2, -0.15) is 0 Å². The smallest absolute Gasteiger partial charge is 0.329 e. The van der Waals surface area contributed by atoms with Crippen molar-refractivity contribution >= 4 is 80.0 Å². The van der Waals surface area contributed by atoms with Crippen LogP contribution in [0, 0.1) is 50.2 Å². The first-order valence-electron chi connectivity index (χ1n) is 45.5. The van der Waals surface area contributed by atoms with E-state index < -0.39 is 65.0 Å². The van der Waals surface area contributed by atoms with Gasteiger partial charge >= 0.3 is 5.97 Å². The van der Waals surface area contributed by atoms with E-state index in [0.717, 1.165) is 116 Å². The topological polar surface area (TPSA) is 382 Å². The number of nitrogens with two attached hydrogens (primary N) is 1. The number of aliphatic hydroxyl groups is 2. The number of nitrogens with zero attached hydrogens (tertiary/aromatic N) is 6. The zero-order valence-electron chi connectivity index (χ0n) is 78.8. The van der Waals surface area contributed by atoms with Gasteiger partial charge in [0.1, 0.15) is 79.2 Å². The Balaban J connectivity index is 0.000000205. The fraction of sp³-hybridized carbons (Fsp3) is 0.385. The fourth-order valence-corrected chi connectivity index (χ4v) is 17.8. The molecule has 2 aliphatic heterocycles. The molecule has 6 atom stereocenters. The highest BCUT2D eigenvalue weighted by Crippen LogP contribution is 2.40. The Labute approximate surface area is 803 Å². The molecule has 14 rings (SSSR count). The van der Waals surface area contributed by atoms with Crippen LogP contribution in [-0.4, -0.2) is 232 Å². The van der Waals surface area contributed by atoms with Gasteiger partial charge in [0.25, 0.3) is 0 Å². The van der Waals surface area contributed by atoms with E-state index in [0.29, 0.717) is 84.8 Å². The van der Waals surface area contributed by atoms with Crippen molar-refractivity contribution in [2.24, 2.45) is 16.6 Å². The summed E-state index contributed by atoms with van der Waals surface area (Å²) in [7, 11) is 0. The third-order valence-corrected chi connectivity index (χ3v) is 25.5. The molecule has 2 fully saturated rings. The number of aromatic nitrogens is 4. The molecule has 0 spiro atoms. The number of aromatic hydroxyl groups is 2. The Bertz CT molecular complexity index is 6000. The van der Waals surface area contributed by atoms with Gasteiger partial charge in [-0.15, -0.1) is 22.7 Å². The number of carboxylic acids is 1. The molecule has 0 radical (unpaired) electrons. The predicted octanol–water partition coefficient (Wildman–Crippen LogP) is 14.3. The van der Waals surface area contributed by atoms with E-state index in [9.17, 15) is 58.0 Å². The quantitative estimate of drug-likeness (QED) is 0.0161. The van der Waals surface area contributed by atoms with Gasteiger partial charge < -0.3 is 104 Å². The summed E-state index contributed by atoms with van der Waals surface area (Å²) in [4.78, 5) is 89.9. The average Bonchev–Trinajstić information content (AvgIpc) is 1.60. The molecule has 10 N–H and O–H groups in total. The van der Waals surface area contributed by atoms with Crippen LogP contribution < -0.4 is 31.2 Å². The number of hydrogen-bond donors (Lipinski definition) is 9. The van der Waals surface area contributed by atoms with Crippen LogP contribution in [0.25, 0.3) is 65.2 Å². The van der Waals surface area contributed by atoms with E-state index >= 15 is 0 Å². The third-order valence-electron chi connectivity index (χ3n) is 23.5. The number of likely N-dealkylation sites (tertiary alicyclic amines) is 2. The number of aryl methyl sites for hydroxylation is 4. The second kappa shape index (κ2) is 49.1. The molecule has 33 heteroatoms. The first-order valence-corrected chi connectivity index (χ1v) is 47.3. The maximum absolute atomic E-state index is 13.9. The van der Waals surface area contributed by atoms with Gasteiger partial charge in [-0.3, -0.25) is 24.0 Å². The predicted molar refractivity (Wildman–Crippen MR) is 521 cm³/mol. The number of amides is 5. The number of carbonyl (C=O) groups is 6. The van der Waals surface area contributed by atoms with E-state index in [1.807, 2.05) is 189 Å². The summed E-state index contributed by atoms with van der Waals surface area (Å²) < 4.78 is 75.9. The molecular weight excluding hydrogens is 1800 g/mol. The van der Waals surface area contributed by atoms with E-state index in [1.54, 1.807) is 71.2 Å². The van der Waals surface area contributed by atoms with Crippen LogP contribution in [0.3, 0.4) is 0 Å². The lowest BCUT2D eigenvalue weighted by molar-refractivity contribution is -0.144. The van der Waals surface area contributed by atoms with Crippen LogP contribution in [0.1, 0.15) is 99.2 Å². The molecule has 2 saturated heterocycles. The fourth-order valence-electron chi connectivity index (χ4n) is 16.2. The number of hydrogen-bond acceptors (Lipinski definition) is 23. The number of carbonyl (C=O) groups excluding carboxylic acids is 5. The molecule has 0 aliphatic carbocycles. The Hall–Kier alpha value is -12.4. The SMILES string of the molecule is Cc1c(-c2ccc(F)cc2)n(Cc2ccc(OCCOCCOCCOCC(=O)O)cc2)c2ccc(O)cc12.Cc1ncsc1-c1ccc(CNC(=O)[C@@H]2C[C@@H](O)CN2C(=O)[C@@H](N)C(C)(C)C)cc1.Cc1ncsc1-c1ccc(CNC(=O)[C@@H]2C[C@@H](O)CN2C(=O)[C@@H](NC(=O)COCCOCCOCCOc2ccc(Cn3c(-c4ccc(F)cc4)c(C)c4cc(O)ccc43)cc2)C(C)(C)C)cc1. The first kappa shape index (κ1) is 104. The molecule has 0 unspecified atom stereocenters. The zero-order chi connectivity index (χ0) is 98.0. The van der Waals surface area contributed by atoms with Gasteiger partial charge in [-0.05, 0) is 203 Å². The van der Waals surface area contributed by atoms with Crippen molar-refractivity contribution < 1.29 is 101 Å². The maximum atomic E-state index is 13.9. The summed E-state index contributed by atoms with van der Waals surface area (Å²) in [6.45, 7) is 24.2. The summed E-state index contributed by atoms with van der Waals surface area (Å²) in [6.07, 6.45) is -1.29. The average molecular weight is 1920 g/mol. The molecule has 6 heterocycles. The lowest BCUT2D eigenvalue weighted by atomic mass is 9.85. The van der Waals surface area contributed by atoms with Crippen molar-refractivity contribution in [2.45, 2.75) is 145 Å². The van der Waals surface area contributed by atoms with Crippen molar-refractivity contribution in [1.82, 2.24) is 44.9 Å². The Morgan fingerprint density at radius 3 is 1.18 bits per heavy atom. The number of rotatable bonds is 41. The Kier molecular flexibility index (Phi) is 37.1. The minimum atomic E-state index is -1.00. The number of phenolic OH excluding ortho intramolecular Hbond substituents is 2. The third kappa shape index (κ3) is 28.9. The number of halogens is 2. The maximum Gasteiger partial charge on any atom is 0.329 e. The molecule has 728 valence electrons. The van der Waals surface area contributed by atoms with Gasteiger partial charge in [0, 0.05) is 73.9 Å². The minimum Gasteiger partial charge on any atom is -0.508 e. The van der Waals surface area contributed by atoms with Crippen molar-refractivity contribution in [3.8, 4) is 66.4 Å². The van der Waals surface area contributed by atoms with Gasteiger partial charge in [-0.1, -0.05) is 114 Å². The number of β-amino-alcohol motifs (C(OH)–C–C–N with tert-alkyl or cyclic N) is 2. The second-order valence-corrected chi connectivity index (χ2v) is 37.5. The normalized spacial score (nSPS) is 15.3. The van der Waals surface area contributed by atoms with Crippen LogP contribution >= 0.6 is 22.7 Å². The molecule has 8 aromatic carbocycles. The van der Waals surface area contributed by atoms with Crippen LogP contribution in [0.4, 0.5) is 8.78 Å². The summed E-state index contributed by atoms with van der Waals surface area (Å²) in [5, 5.41) is 59.8. The summed E-state index contributed by atoms with van der Waals surface area (Å²) >= 11 is 3.17. The molecule has 137 heavy (non-hydrogen) atoms. The largest absolute Gasteiger partial charge is 0.508 e. The second-order valence-electron chi connectivity index (χ2n) is 35.8. The van der Waals surface area contributed by atoms with E-state index in [4.69, 9.17) is 48.7 Å². The molecule has 29 nitrogen and oxygen atoms in total. The summed E-state index contributed by atoms with van der Waals surface area (Å²) in [5.74, 6) is -1.67. The van der Waals surface area contributed by atoms with Gasteiger partial charge in [0.15, 0.2) is 0 Å². The number of aliphatic carboxylic acids is 1. The lowest BCUT2D eigenvalue weighted by Gasteiger charge is -2.35. The standard InChI is InChI=1S/C52H60FN5O9S.C30H32FNO7.C22H30N4O3S/c1-33-43-26-40(59)16-19-44(43)57(47(33)37-12-14-39(53)15-13-37)29-36-8-17-42(18-9-36)67-25-24-65-21-20-64-22-23-66-31-46(61)56-49(52(3,4)5)51(63)58-30-41(60)27-45(58)50(62)54-28-35-6-10-38(11-7-35)48-34(2)55-32-68-48;1-21-27-18-25(33)8-11-28(27)32(30(21)23-4-6-24(31)7-5-23)19-22-2-9-26(10-3-22)39-17-16-37-13-12-36-14-15-38-20-29(34)35;1-13-18(30-12-25-13)15-7-5-14(6-8-15)10-24-20(28)17-9-16(27)11-26(17)21(29)19(23)22(2,3)4/h6-19,26,32,41,45,49,59-60H,20-25,27-31H2,1-5H3,(H,54,62)(H,56,61);2-11,18,33H,12-17,19-20H2,1H3,(H,34,35);5-8,12,16-17,19,27H,9-11,23H2,1-4H3,(H,24,28)/t41-,45+,49-;;16-,17+,19-/m1.1/s1. The molecule has 12 aromatic rings. The number of phenols is 2. The number of carboxylic acid groups (broad SMARTS) is 1. The molecular formula is C104H122F2N10O19S2. The molecule has 4 aromatic heterocycles. The monoisotopic (exact) mass is 1920 g/mol. The number of ether oxygens (including phenoxy) is 8. The number of benzene rings is 8. The summed E-state index contributed by atoms with van der Waals surface area (Å²) in [6, 6.07) is 51.7. The van der Waals surface area contributed by atoms with E-state index in [-0.39, 0.29) is 106 Å². The Morgan fingerprint density at radius 1 is 0.460 bits per heavy atom. The molecule has 0 bridgehead atoms. The minimum absolute atomic E-state index is 0.0215. The molecule has 2 aliphatic rings. The van der Waals surface area contributed by atoms with Crippen molar-refractivity contribution in [3.05, 3.63) is 249 Å². The highest BCUT2D eigenvalue weighted by Gasteiger charge is 2.46. The molecule has 5 amide bonds.